The fourth-order valence-corrected chi connectivity index (χ4v) is 3.02. The van der Waals surface area contributed by atoms with E-state index in [1.165, 1.54) is 5.56 Å². The first-order valence-electron chi connectivity index (χ1n) is 7.73. The molecule has 1 aliphatic heterocycles. The second-order valence-corrected chi connectivity index (χ2v) is 7.39. The lowest BCUT2D eigenvalue weighted by Crippen LogP contribution is -2.35. The van der Waals surface area contributed by atoms with Crippen molar-refractivity contribution in [2.24, 2.45) is 5.41 Å². The Morgan fingerprint density at radius 1 is 1.36 bits per heavy atom. The fraction of sp³-hybridized carbons (Fsp3) is 0.444. The van der Waals surface area contributed by atoms with E-state index in [1.807, 2.05) is 12.1 Å². The number of carbonyl (C=O) groups excluding carboxylic acids is 1. The lowest BCUT2D eigenvalue weighted by Gasteiger charge is -2.19. The Hall–Kier alpha value is -2.10. The summed E-state index contributed by atoms with van der Waals surface area (Å²) >= 11 is 0. The van der Waals surface area contributed by atoms with E-state index in [-0.39, 0.29) is 28.4 Å². The summed E-state index contributed by atoms with van der Waals surface area (Å²) in [6, 6.07) is 6.05. The van der Waals surface area contributed by atoms with Crippen LogP contribution in [0.1, 0.15) is 49.7 Å². The van der Waals surface area contributed by atoms with E-state index in [9.17, 15) is 9.59 Å². The number of hydrogen-bond donors (Lipinski definition) is 1. The van der Waals surface area contributed by atoms with Crippen LogP contribution in [0.4, 0.5) is 0 Å². The standard InChI is InChI=1S/C18H22N2O2/c1-11-8-12-6-5-7-13-15(12)20(11)9-14(16(13)21)17(22)19-10-18(2,3)4/h5-7,9,11H,8,10H2,1-4H3,(H,19,22)/t11-/m0/s1. The molecule has 3 rings (SSSR count). The first kappa shape index (κ1) is 14.8. The molecule has 1 aromatic carbocycles. The summed E-state index contributed by atoms with van der Waals surface area (Å²) in [5, 5.41) is 3.52. The number of amides is 1. The largest absolute Gasteiger partial charge is 0.351 e. The maximum atomic E-state index is 12.7. The molecular weight excluding hydrogens is 276 g/mol. The summed E-state index contributed by atoms with van der Waals surface area (Å²) in [5.74, 6) is -0.282. The lowest BCUT2D eigenvalue weighted by atomic mass is 9.97. The normalized spacial score (nSPS) is 17.0. The molecular formula is C18H22N2O2. The molecule has 0 fully saturated rings. The van der Waals surface area contributed by atoms with Gasteiger partial charge in [0, 0.05) is 24.2 Å². The van der Waals surface area contributed by atoms with Crippen molar-refractivity contribution in [2.45, 2.75) is 40.2 Å². The molecule has 2 aromatic rings. The molecule has 0 saturated carbocycles. The molecule has 1 N–H and O–H groups in total. The minimum absolute atomic E-state index is 0.0139. The highest BCUT2D eigenvalue weighted by atomic mass is 16.2. The van der Waals surface area contributed by atoms with Crippen LogP contribution in [0.15, 0.2) is 29.2 Å². The Bertz CT molecular complexity index is 812. The highest BCUT2D eigenvalue weighted by molar-refractivity contribution is 5.98. The second kappa shape index (κ2) is 4.97. The quantitative estimate of drug-likeness (QED) is 0.927. The number of rotatable bonds is 2. The van der Waals surface area contributed by atoms with Gasteiger partial charge in [0.05, 0.1) is 5.52 Å². The summed E-state index contributed by atoms with van der Waals surface area (Å²) in [6.07, 6.45) is 2.63. The smallest absolute Gasteiger partial charge is 0.256 e. The van der Waals surface area contributed by atoms with Gasteiger partial charge in [0.2, 0.25) is 5.43 Å². The molecule has 22 heavy (non-hydrogen) atoms. The maximum Gasteiger partial charge on any atom is 0.256 e. The van der Waals surface area contributed by atoms with Crippen LogP contribution in [0, 0.1) is 5.41 Å². The Morgan fingerprint density at radius 2 is 2.09 bits per heavy atom. The lowest BCUT2D eigenvalue weighted by molar-refractivity contribution is 0.0937. The minimum atomic E-state index is -0.282. The summed E-state index contributed by atoms with van der Waals surface area (Å²) in [4.78, 5) is 25.1. The number of benzene rings is 1. The second-order valence-electron chi connectivity index (χ2n) is 7.39. The van der Waals surface area contributed by atoms with E-state index in [1.54, 1.807) is 6.20 Å². The molecule has 1 aromatic heterocycles. The van der Waals surface area contributed by atoms with Gasteiger partial charge in [-0.1, -0.05) is 32.9 Å². The summed E-state index contributed by atoms with van der Waals surface area (Å²) in [6.45, 7) is 8.80. The molecule has 0 bridgehead atoms. The topological polar surface area (TPSA) is 51.1 Å². The Kier molecular flexibility index (Phi) is 3.35. The van der Waals surface area contributed by atoms with E-state index >= 15 is 0 Å². The number of nitrogens with one attached hydrogen (secondary N) is 1. The zero-order valence-electron chi connectivity index (χ0n) is 13.6. The summed E-state index contributed by atoms with van der Waals surface area (Å²) in [7, 11) is 0. The first-order valence-corrected chi connectivity index (χ1v) is 7.73. The molecule has 0 radical (unpaired) electrons. The van der Waals surface area contributed by atoms with E-state index in [0.717, 1.165) is 11.9 Å². The van der Waals surface area contributed by atoms with Crippen LogP contribution in [0.5, 0.6) is 0 Å². The molecule has 0 spiro atoms. The van der Waals surface area contributed by atoms with E-state index < -0.39 is 0 Å². The third kappa shape index (κ3) is 2.43. The van der Waals surface area contributed by atoms with Gasteiger partial charge < -0.3 is 9.88 Å². The van der Waals surface area contributed by atoms with Crippen molar-refractivity contribution < 1.29 is 4.79 Å². The maximum absolute atomic E-state index is 12.7. The van der Waals surface area contributed by atoms with Gasteiger partial charge in [-0.2, -0.15) is 0 Å². The highest BCUT2D eigenvalue weighted by Gasteiger charge is 2.24. The van der Waals surface area contributed by atoms with E-state index in [4.69, 9.17) is 0 Å². The Labute approximate surface area is 130 Å². The van der Waals surface area contributed by atoms with Gasteiger partial charge in [-0.15, -0.1) is 0 Å². The van der Waals surface area contributed by atoms with Crippen LogP contribution >= 0.6 is 0 Å². The van der Waals surface area contributed by atoms with Gasteiger partial charge >= 0.3 is 0 Å². The van der Waals surface area contributed by atoms with Crippen molar-refractivity contribution in [3.8, 4) is 0 Å². The number of hydrogen-bond acceptors (Lipinski definition) is 2. The van der Waals surface area contributed by atoms with Gasteiger partial charge in [0.25, 0.3) is 5.91 Å². The Balaban J connectivity index is 2.08. The highest BCUT2D eigenvalue weighted by Crippen LogP contribution is 2.30. The summed E-state index contributed by atoms with van der Waals surface area (Å²) in [5.41, 5.74) is 2.22. The van der Waals surface area contributed by atoms with Gasteiger partial charge in [-0.05, 0) is 30.4 Å². The van der Waals surface area contributed by atoms with Gasteiger partial charge in [0.15, 0.2) is 0 Å². The van der Waals surface area contributed by atoms with E-state index in [2.05, 4.69) is 43.6 Å². The number of nitrogens with zero attached hydrogens (tertiary/aromatic N) is 1. The molecule has 1 amide bonds. The predicted molar refractivity (Wildman–Crippen MR) is 88.4 cm³/mol. The molecule has 1 aliphatic rings. The van der Waals surface area contributed by atoms with Crippen molar-refractivity contribution in [1.82, 2.24) is 9.88 Å². The van der Waals surface area contributed by atoms with Crippen molar-refractivity contribution in [1.29, 1.82) is 0 Å². The van der Waals surface area contributed by atoms with Gasteiger partial charge in [-0.25, -0.2) is 0 Å². The van der Waals surface area contributed by atoms with Gasteiger partial charge in [-0.3, -0.25) is 9.59 Å². The Morgan fingerprint density at radius 3 is 2.77 bits per heavy atom. The minimum Gasteiger partial charge on any atom is -0.351 e. The van der Waals surface area contributed by atoms with E-state index in [0.29, 0.717) is 11.9 Å². The SMILES string of the molecule is C[C@H]1Cc2cccc3c(=O)c(C(=O)NCC(C)(C)C)cn1c23. The van der Waals surface area contributed by atoms with Crippen molar-refractivity contribution in [3.05, 3.63) is 45.7 Å². The fourth-order valence-electron chi connectivity index (χ4n) is 3.02. The van der Waals surface area contributed by atoms with Gasteiger partial charge in [0.1, 0.15) is 5.56 Å². The van der Waals surface area contributed by atoms with Crippen LogP contribution in [-0.2, 0) is 6.42 Å². The van der Waals surface area contributed by atoms with Crippen LogP contribution in [-0.4, -0.2) is 17.0 Å². The van der Waals surface area contributed by atoms with Crippen LogP contribution in [0.2, 0.25) is 0 Å². The molecule has 4 nitrogen and oxygen atoms in total. The third-order valence-corrected chi connectivity index (χ3v) is 4.15. The van der Waals surface area contributed by atoms with Crippen LogP contribution < -0.4 is 10.7 Å². The van der Waals surface area contributed by atoms with Crippen molar-refractivity contribution in [2.75, 3.05) is 6.54 Å². The average molecular weight is 298 g/mol. The average Bonchev–Trinajstić information content (AvgIpc) is 2.76. The first-order chi connectivity index (χ1) is 10.3. The predicted octanol–water partition coefficient (Wildman–Crippen LogP) is 2.89. The molecule has 0 aliphatic carbocycles. The third-order valence-electron chi connectivity index (χ3n) is 4.15. The van der Waals surface area contributed by atoms with Crippen molar-refractivity contribution in [3.63, 3.8) is 0 Å². The number of carbonyl (C=O) groups is 1. The molecule has 0 saturated heterocycles. The van der Waals surface area contributed by atoms with Crippen LogP contribution in [0.25, 0.3) is 10.9 Å². The molecule has 1 atom stereocenters. The number of aromatic nitrogens is 1. The van der Waals surface area contributed by atoms with Crippen molar-refractivity contribution >= 4 is 16.8 Å². The molecule has 4 heteroatoms. The monoisotopic (exact) mass is 298 g/mol. The molecule has 0 unspecified atom stereocenters. The molecule has 2 heterocycles. The molecule has 116 valence electrons. The number of pyridine rings is 1. The summed E-state index contributed by atoms with van der Waals surface area (Å²) < 4.78 is 2.07. The zero-order valence-corrected chi connectivity index (χ0v) is 13.6. The zero-order chi connectivity index (χ0) is 16.1. The number of para-hydroxylation sites is 1. The van der Waals surface area contributed by atoms with Crippen LogP contribution in [0.3, 0.4) is 0 Å².